The number of methoxy groups -OCH3 is 3. The van der Waals surface area contributed by atoms with Gasteiger partial charge < -0.3 is 78.4 Å². The van der Waals surface area contributed by atoms with Crippen molar-refractivity contribution in [3.05, 3.63) is 47.5 Å². The number of aliphatic hydroxyl groups excluding tert-OH is 7. The van der Waals surface area contributed by atoms with Crippen LogP contribution < -0.4 is 18.9 Å². The molecule has 2 aromatic carbocycles. The zero-order valence-electron chi connectivity index (χ0n) is 27.2. The van der Waals surface area contributed by atoms with Gasteiger partial charge in [-0.15, -0.1) is 0 Å². The molecule has 0 spiro atoms. The van der Waals surface area contributed by atoms with Crippen LogP contribution in [0.3, 0.4) is 0 Å². The molecular weight excluding hydrogens is 652 g/mol. The van der Waals surface area contributed by atoms with Crippen molar-refractivity contribution in [3.63, 3.8) is 0 Å². The molecule has 4 aliphatic heterocycles. The molecule has 16 nitrogen and oxygen atoms in total. The second kappa shape index (κ2) is 15.2. The van der Waals surface area contributed by atoms with Gasteiger partial charge in [-0.25, -0.2) is 0 Å². The van der Waals surface area contributed by atoms with E-state index >= 15 is 0 Å². The fourth-order valence-electron chi connectivity index (χ4n) is 7.00. The third kappa shape index (κ3) is 6.81. The molecule has 14 atom stereocenters. The van der Waals surface area contributed by atoms with Crippen LogP contribution in [0.15, 0.2) is 36.4 Å². The van der Waals surface area contributed by atoms with Gasteiger partial charge in [-0.05, 0) is 35.4 Å². The Morgan fingerprint density at radius 2 is 1.10 bits per heavy atom. The molecule has 0 aliphatic carbocycles. The number of hydrogen-bond donors (Lipinski definition) is 7. The average molecular weight is 697 g/mol. The molecule has 0 saturated carbocycles. The van der Waals surface area contributed by atoms with E-state index in [1.54, 1.807) is 32.4 Å². The van der Waals surface area contributed by atoms with E-state index in [-0.39, 0.29) is 29.8 Å². The molecule has 6 rings (SSSR count). The van der Waals surface area contributed by atoms with Gasteiger partial charge in [-0.2, -0.15) is 0 Å². The Bertz CT molecular complexity index is 1410. The van der Waals surface area contributed by atoms with Gasteiger partial charge in [0.1, 0.15) is 48.8 Å². The first-order valence-corrected chi connectivity index (χ1v) is 16.0. The van der Waals surface area contributed by atoms with Crippen LogP contribution >= 0.6 is 0 Å². The minimum absolute atomic E-state index is 0.0548. The summed E-state index contributed by atoms with van der Waals surface area (Å²) in [6, 6.07) is 10.9. The van der Waals surface area contributed by atoms with Gasteiger partial charge >= 0.3 is 0 Å². The van der Waals surface area contributed by atoms with Crippen LogP contribution in [0.2, 0.25) is 0 Å². The van der Waals surface area contributed by atoms with Gasteiger partial charge in [-0.3, -0.25) is 0 Å². The summed E-state index contributed by atoms with van der Waals surface area (Å²) in [4.78, 5) is 0. The zero-order valence-corrected chi connectivity index (χ0v) is 27.2. The predicted octanol–water partition coefficient (Wildman–Crippen LogP) is -1.21. The van der Waals surface area contributed by atoms with Gasteiger partial charge in [0.05, 0.1) is 60.0 Å². The molecule has 7 N–H and O–H groups in total. The molecule has 0 radical (unpaired) electrons. The van der Waals surface area contributed by atoms with E-state index in [9.17, 15) is 35.7 Å². The molecule has 4 saturated heterocycles. The molecule has 0 bridgehead atoms. The maximum absolute atomic E-state index is 11.0. The lowest BCUT2D eigenvalue weighted by Crippen LogP contribution is -2.65. The quantitative estimate of drug-likeness (QED) is 0.146. The van der Waals surface area contributed by atoms with Crippen LogP contribution in [0.25, 0.3) is 0 Å². The predicted molar refractivity (Wildman–Crippen MR) is 164 cm³/mol. The van der Waals surface area contributed by atoms with E-state index in [2.05, 4.69) is 0 Å². The molecule has 272 valence electrons. The van der Waals surface area contributed by atoms with Gasteiger partial charge in [0, 0.05) is 11.8 Å². The second-order valence-corrected chi connectivity index (χ2v) is 12.5. The highest BCUT2D eigenvalue weighted by atomic mass is 16.7. The molecule has 0 aromatic heterocycles. The number of rotatable bonds is 11. The van der Waals surface area contributed by atoms with E-state index in [1.807, 2.05) is 18.2 Å². The normalized spacial score (nSPS) is 39.0. The SMILES string of the molecule is COc1ccc([C@H]2OC[C@@H]3[C@H]2CO[C@@H]3c2ccc(O[C@@H]3O[C@@H](CO)[C@@H](O[C@@H]4O[C@@H](CO)[C@@H](O)[C@@H](O)[C@H]4O)[C@@H](O)[C@H]3O)c(OC)c2)cc1OC. The summed E-state index contributed by atoms with van der Waals surface area (Å²) < 4.78 is 51.6. The summed E-state index contributed by atoms with van der Waals surface area (Å²) in [6.07, 6.45) is -16.2. The smallest absolute Gasteiger partial charge is 0.229 e. The first kappa shape index (κ1) is 36.0. The van der Waals surface area contributed by atoms with E-state index in [1.165, 1.54) is 7.11 Å². The molecule has 4 heterocycles. The monoisotopic (exact) mass is 696 g/mol. The third-order valence-corrected chi connectivity index (χ3v) is 9.72. The van der Waals surface area contributed by atoms with Gasteiger partial charge in [-0.1, -0.05) is 12.1 Å². The standard InChI is InChI=1S/C33H44O16/c1-41-18-6-4-14(8-20(18)42-2)29-16-12-45-30(17(16)13-44-29)15-5-7-19(21(9-15)43-3)46-32-28(40)26(38)31(23(11-35)48-32)49-33-27(39)25(37)24(36)22(10-34)47-33/h4-9,16-17,22-40H,10-13H2,1-3H3/t16-,17-,22+,23+,24-,25-,26+,27-,28-,29-,30-,31-,32-,33+/m1/s1. The zero-order chi connectivity index (χ0) is 35.0. The first-order valence-electron chi connectivity index (χ1n) is 16.0. The molecular formula is C33H44O16. The van der Waals surface area contributed by atoms with E-state index in [4.69, 9.17) is 42.6 Å². The van der Waals surface area contributed by atoms with Crippen LogP contribution in [-0.4, -0.2) is 145 Å². The van der Waals surface area contributed by atoms with Crippen molar-refractivity contribution in [1.82, 2.24) is 0 Å². The van der Waals surface area contributed by atoms with Crippen LogP contribution in [0.4, 0.5) is 0 Å². The molecule has 16 heteroatoms. The third-order valence-electron chi connectivity index (χ3n) is 9.72. The number of aliphatic hydroxyl groups is 7. The van der Waals surface area contributed by atoms with Gasteiger partial charge in [0.15, 0.2) is 29.3 Å². The van der Waals surface area contributed by atoms with Crippen molar-refractivity contribution < 1.29 is 78.4 Å². The van der Waals surface area contributed by atoms with Crippen LogP contribution in [0.5, 0.6) is 23.0 Å². The number of fused-ring (bicyclic) bond motifs is 1. The Balaban J connectivity index is 1.13. The Morgan fingerprint density at radius 1 is 0.592 bits per heavy atom. The fourth-order valence-corrected chi connectivity index (χ4v) is 7.00. The van der Waals surface area contributed by atoms with E-state index < -0.39 is 74.6 Å². The summed E-state index contributed by atoms with van der Waals surface area (Å²) in [5, 5.41) is 72.0. The minimum Gasteiger partial charge on any atom is -0.493 e. The highest BCUT2D eigenvalue weighted by molar-refractivity contribution is 5.45. The number of ether oxygens (including phenoxy) is 9. The lowest BCUT2D eigenvalue weighted by atomic mass is 9.85. The lowest BCUT2D eigenvalue weighted by Gasteiger charge is -2.45. The van der Waals surface area contributed by atoms with Crippen LogP contribution in [0.1, 0.15) is 23.3 Å². The summed E-state index contributed by atoms with van der Waals surface area (Å²) in [7, 11) is 4.62. The van der Waals surface area contributed by atoms with E-state index in [0.717, 1.165) is 11.1 Å². The fraction of sp³-hybridized carbons (Fsp3) is 0.636. The second-order valence-electron chi connectivity index (χ2n) is 12.5. The number of hydrogen-bond acceptors (Lipinski definition) is 16. The summed E-state index contributed by atoms with van der Waals surface area (Å²) in [6.45, 7) is -0.442. The van der Waals surface area contributed by atoms with Crippen molar-refractivity contribution in [3.8, 4) is 23.0 Å². The van der Waals surface area contributed by atoms with Crippen LogP contribution in [0, 0.1) is 11.8 Å². The van der Waals surface area contributed by atoms with Crippen molar-refractivity contribution in [1.29, 1.82) is 0 Å². The highest BCUT2D eigenvalue weighted by Crippen LogP contribution is 2.51. The van der Waals surface area contributed by atoms with Crippen molar-refractivity contribution in [2.45, 2.75) is 73.6 Å². The summed E-state index contributed by atoms with van der Waals surface area (Å²) in [5.74, 6) is 1.86. The molecule has 0 unspecified atom stereocenters. The van der Waals surface area contributed by atoms with Gasteiger partial charge in [0.2, 0.25) is 6.29 Å². The first-order chi connectivity index (χ1) is 23.6. The largest absolute Gasteiger partial charge is 0.493 e. The Kier molecular flexibility index (Phi) is 11.1. The van der Waals surface area contributed by atoms with E-state index in [0.29, 0.717) is 30.5 Å². The highest BCUT2D eigenvalue weighted by Gasteiger charge is 2.52. The van der Waals surface area contributed by atoms with Crippen molar-refractivity contribution in [2.75, 3.05) is 47.8 Å². The molecule has 4 fully saturated rings. The molecule has 2 aromatic rings. The maximum Gasteiger partial charge on any atom is 0.229 e. The minimum atomic E-state index is -1.77. The summed E-state index contributed by atoms with van der Waals surface area (Å²) >= 11 is 0. The van der Waals surface area contributed by atoms with Gasteiger partial charge in [0.25, 0.3) is 0 Å². The van der Waals surface area contributed by atoms with Crippen LogP contribution in [-0.2, 0) is 23.7 Å². The maximum atomic E-state index is 11.0. The van der Waals surface area contributed by atoms with Crippen molar-refractivity contribution >= 4 is 0 Å². The molecule has 49 heavy (non-hydrogen) atoms. The Hall–Kier alpha value is -2.84. The average Bonchev–Trinajstić information content (AvgIpc) is 3.74. The Morgan fingerprint density at radius 3 is 1.65 bits per heavy atom. The Labute approximate surface area is 282 Å². The topological polar surface area (TPSA) is 225 Å². The lowest BCUT2D eigenvalue weighted by molar-refractivity contribution is -0.352. The number of benzene rings is 2. The summed E-state index contributed by atoms with van der Waals surface area (Å²) in [5.41, 5.74) is 1.78. The van der Waals surface area contributed by atoms with Crippen molar-refractivity contribution in [2.24, 2.45) is 11.8 Å². The molecule has 0 amide bonds. The molecule has 4 aliphatic rings.